The molecule has 1 aliphatic heterocycles. The third-order valence-corrected chi connectivity index (χ3v) is 4.90. The van der Waals surface area contributed by atoms with Crippen molar-refractivity contribution >= 4 is 17.3 Å². The highest BCUT2D eigenvalue weighted by Gasteiger charge is 2.34. The Morgan fingerprint density at radius 3 is 2.67 bits per heavy atom. The molecule has 0 saturated heterocycles. The minimum atomic E-state index is -0.405. The number of hydrogen-bond donors (Lipinski definition) is 1. The second-order valence-corrected chi connectivity index (χ2v) is 6.73. The van der Waals surface area contributed by atoms with E-state index in [0.29, 0.717) is 29.5 Å². The first-order valence-electron chi connectivity index (χ1n) is 9.74. The molecule has 1 aliphatic carbocycles. The van der Waals surface area contributed by atoms with Crippen LogP contribution in [-0.2, 0) is 9.53 Å². The van der Waals surface area contributed by atoms with Crippen molar-refractivity contribution in [3.8, 4) is 5.75 Å². The first kappa shape index (κ1) is 19.7. The summed E-state index contributed by atoms with van der Waals surface area (Å²) in [6.07, 6.45) is 5.32. The van der Waals surface area contributed by atoms with Gasteiger partial charge in [0, 0.05) is 24.3 Å². The lowest BCUT2D eigenvalue weighted by molar-refractivity contribution is -0.137. The van der Waals surface area contributed by atoms with Crippen LogP contribution < -0.4 is 4.74 Å². The number of ether oxygens (including phenoxy) is 2. The molecule has 152 valence electrons. The van der Waals surface area contributed by atoms with E-state index in [2.05, 4.69) is 4.99 Å². The van der Waals surface area contributed by atoms with Crippen molar-refractivity contribution in [1.82, 2.24) is 5.06 Å². The van der Waals surface area contributed by atoms with Gasteiger partial charge in [0.25, 0.3) is 0 Å². The minimum absolute atomic E-state index is 0.278. The van der Waals surface area contributed by atoms with Crippen LogP contribution in [0.25, 0.3) is 5.57 Å². The zero-order chi connectivity index (χ0) is 21.1. The maximum Gasteiger partial charge on any atom is 0.340 e. The lowest BCUT2D eigenvalue weighted by Crippen LogP contribution is -2.24. The summed E-state index contributed by atoms with van der Waals surface area (Å²) in [5.74, 6) is 0.456. The molecule has 0 fully saturated rings. The fraction of sp³-hybridized carbons (Fsp3) is 0.167. The summed E-state index contributed by atoms with van der Waals surface area (Å²) in [5, 5.41) is 11.0. The molecule has 0 aromatic heterocycles. The van der Waals surface area contributed by atoms with E-state index in [1.165, 1.54) is 0 Å². The fourth-order valence-corrected chi connectivity index (χ4v) is 3.62. The molecular formula is C24H22N2O4. The monoisotopic (exact) mass is 402 g/mol. The molecule has 6 heteroatoms. The van der Waals surface area contributed by atoms with E-state index in [-0.39, 0.29) is 6.61 Å². The highest BCUT2D eigenvalue weighted by atomic mass is 16.6. The Labute approximate surface area is 175 Å². The van der Waals surface area contributed by atoms with Gasteiger partial charge in [0.15, 0.2) is 0 Å². The topological polar surface area (TPSA) is 71.4 Å². The Bertz CT molecular complexity index is 1100. The summed E-state index contributed by atoms with van der Waals surface area (Å²) < 4.78 is 11.2. The number of rotatable bonds is 5. The highest BCUT2D eigenvalue weighted by Crippen LogP contribution is 2.40. The molecule has 0 spiro atoms. The van der Waals surface area contributed by atoms with E-state index >= 15 is 0 Å². The number of hydroxylamine groups is 2. The maximum absolute atomic E-state index is 12.9. The van der Waals surface area contributed by atoms with Gasteiger partial charge >= 0.3 is 5.97 Å². The number of fused-ring (bicyclic) bond motifs is 1. The van der Waals surface area contributed by atoms with Crippen LogP contribution in [0.1, 0.15) is 23.6 Å². The van der Waals surface area contributed by atoms with Crippen molar-refractivity contribution in [2.24, 2.45) is 4.99 Å². The molecular weight excluding hydrogens is 380 g/mol. The second kappa shape index (κ2) is 8.39. The van der Waals surface area contributed by atoms with Crippen molar-refractivity contribution < 1.29 is 19.5 Å². The average Bonchev–Trinajstić information content (AvgIpc) is 3.10. The molecule has 0 unspecified atom stereocenters. The zero-order valence-corrected chi connectivity index (χ0v) is 16.8. The lowest BCUT2D eigenvalue weighted by atomic mass is 9.97. The third kappa shape index (κ3) is 3.53. The quantitative estimate of drug-likeness (QED) is 0.767. The molecule has 0 amide bonds. The maximum atomic E-state index is 12.9. The number of esters is 1. The van der Waals surface area contributed by atoms with Gasteiger partial charge in [-0.1, -0.05) is 42.5 Å². The van der Waals surface area contributed by atoms with Crippen molar-refractivity contribution in [2.75, 3.05) is 20.2 Å². The normalized spacial score (nSPS) is 16.6. The second-order valence-electron chi connectivity index (χ2n) is 6.73. The summed E-state index contributed by atoms with van der Waals surface area (Å²) in [6, 6.07) is 15.3. The Morgan fingerprint density at radius 2 is 1.97 bits per heavy atom. The van der Waals surface area contributed by atoms with E-state index in [4.69, 9.17) is 9.47 Å². The number of carbonyl (C=O) groups is 1. The number of benzene rings is 2. The van der Waals surface area contributed by atoms with E-state index in [1.54, 1.807) is 20.0 Å². The van der Waals surface area contributed by atoms with Crippen LogP contribution in [0.5, 0.6) is 5.75 Å². The van der Waals surface area contributed by atoms with Gasteiger partial charge in [0.1, 0.15) is 5.75 Å². The molecule has 0 atom stereocenters. The number of aliphatic imine (C=N–C) groups is 1. The van der Waals surface area contributed by atoms with Crippen LogP contribution in [0, 0.1) is 0 Å². The summed E-state index contributed by atoms with van der Waals surface area (Å²) in [6.45, 7) is 2.41. The summed E-state index contributed by atoms with van der Waals surface area (Å²) in [5.41, 5.74) is 4.38. The summed E-state index contributed by atoms with van der Waals surface area (Å²) in [7, 11) is 1.66. The predicted molar refractivity (Wildman–Crippen MR) is 114 cm³/mol. The molecule has 1 heterocycles. The third-order valence-electron chi connectivity index (χ3n) is 4.90. The molecule has 4 rings (SSSR count). The van der Waals surface area contributed by atoms with Crippen LogP contribution in [0.15, 0.2) is 83.2 Å². The molecule has 6 nitrogen and oxygen atoms in total. The van der Waals surface area contributed by atoms with Gasteiger partial charge in [0.05, 0.1) is 24.4 Å². The fourth-order valence-electron chi connectivity index (χ4n) is 3.62. The summed E-state index contributed by atoms with van der Waals surface area (Å²) in [4.78, 5) is 17.3. The van der Waals surface area contributed by atoms with Crippen molar-refractivity contribution in [1.29, 1.82) is 0 Å². The van der Waals surface area contributed by atoms with E-state index in [1.807, 2.05) is 60.7 Å². The van der Waals surface area contributed by atoms with Crippen LogP contribution >= 0.6 is 0 Å². The van der Waals surface area contributed by atoms with Gasteiger partial charge in [-0.05, 0) is 36.2 Å². The largest absolute Gasteiger partial charge is 0.462 e. The highest BCUT2D eigenvalue weighted by molar-refractivity contribution is 6.37. The van der Waals surface area contributed by atoms with E-state index in [9.17, 15) is 10.0 Å². The standard InChI is InChI=1S/C24H22N2O4/c1-3-29-24(27)22-21(16-9-5-4-6-10-16)18-13-12-17(15-19(18)23(22)25-2)30-20-11-7-8-14-26(20)28/h4-13,15,28H,3,14H2,1-2H3/b25-23+. The SMILES string of the molecule is CCOC(=O)C1=C(c2ccccc2)c2ccc(OC3=CC=CCN3O)cc2/C1=N\C. The number of hydrogen-bond acceptors (Lipinski definition) is 6. The first-order chi connectivity index (χ1) is 14.6. The van der Waals surface area contributed by atoms with Gasteiger partial charge in [-0.3, -0.25) is 10.2 Å². The Kier molecular flexibility index (Phi) is 5.50. The molecule has 0 bridgehead atoms. The molecule has 1 N–H and O–H groups in total. The van der Waals surface area contributed by atoms with Gasteiger partial charge in [-0.15, -0.1) is 0 Å². The van der Waals surface area contributed by atoms with Gasteiger partial charge in [-0.2, -0.15) is 0 Å². The van der Waals surface area contributed by atoms with Crippen LogP contribution in [0.4, 0.5) is 0 Å². The Hall–Kier alpha value is -3.64. The first-order valence-corrected chi connectivity index (χ1v) is 9.74. The Morgan fingerprint density at radius 1 is 1.17 bits per heavy atom. The van der Waals surface area contributed by atoms with Crippen molar-refractivity contribution in [3.63, 3.8) is 0 Å². The molecule has 2 aliphatic rings. The molecule has 2 aromatic rings. The number of allylic oxidation sites excluding steroid dienone is 2. The summed E-state index contributed by atoms with van der Waals surface area (Å²) >= 11 is 0. The molecule has 0 radical (unpaired) electrons. The van der Waals surface area contributed by atoms with Crippen LogP contribution in [0.2, 0.25) is 0 Å². The zero-order valence-electron chi connectivity index (χ0n) is 16.8. The minimum Gasteiger partial charge on any atom is -0.462 e. The predicted octanol–water partition coefficient (Wildman–Crippen LogP) is 3.97. The average molecular weight is 402 g/mol. The molecule has 2 aromatic carbocycles. The van der Waals surface area contributed by atoms with E-state index in [0.717, 1.165) is 27.3 Å². The molecule has 30 heavy (non-hydrogen) atoms. The lowest BCUT2D eigenvalue weighted by Gasteiger charge is -2.21. The van der Waals surface area contributed by atoms with Crippen molar-refractivity contribution in [2.45, 2.75) is 6.92 Å². The molecule has 0 saturated carbocycles. The van der Waals surface area contributed by atoms with Gasteiger partial charge in [-0.25, -0.2) is 9.86 Å². The van der Waals surface area contributed by atoms with Crippen LogP contribution in [0.3, 0.4) is 0 Å². The van der Waals surface area contributed by atoms with Gasteiger partial charge in [0.2, 0.25) is 5.88 Å². The van der Waals surface area contributed by atoms with Gasteiger partial charge < -0.3 is 9.47 Å². The smallest absolute Gasteiger partial charge is 0.340 e. The Balaban J connectivity index is 1.81. The number of carbonyl (C=O) groups excluding carboxylic acids is 1. The van der Waals surface area contributed by atoms with Crippen molar-refractivity contribution in [3.05, 3.63) is 94.9 Å². The van der Waals surface area contributed by atoms with Crippen LogP contribution in [-0.4, -0.2) is 42.2 Å². The number of nitrogens with zero attached hydrogens (tertiary/aromatic N) is 2. The van der Waals surface area contributed by atoms with E-state index < -0.39 is 5.97 Å².